The van der Waals surface area contributed by atoms with Gasteiger partial charge in [-0.1, -0.05) is 33.8 Å². The topological polar surface area (TPSA) is 46.9 Å². The number of imidazole rings is 1. The van der Waals surface area contributed by atoms with Crippen molar-refractivity contribution in [2.75, 3.05) is 5.32 Å². The van der Waals surface area contributed by atoms with Gasteiger partial charge >= 0.3 is 0 Å². The van der Waals surface area contributed by atoms with E-state index in [9.17, 15) is 4.79 Å². The van der Waals surface area contributed by atoms with E-state index in [1.54, 1.807) is 0 Å². The van der Waals surface area contributed by atoms with E-state index >= 15 is 0 Å². The van der Waals surface area contributed by atoms with Crippen LogP contribution in [0, 0.1) is 11.8 Å². The molecule has 1 aromatic heterocycles. The van der Waals surface area contributed by atoms with Gasteiger partial charge in [0.15, 0.2) is 0 Å². The molecule has 1 aliphatic rings. The van der Waals surface area contributed by atoms with Crippen LogP contribution >= 0.6 is 0 Å². The Balaban J connectivity index is 2.00. The van der Waals surface area contributed by atoms with Crippen molar-refractivity contribution in [1.82, 2.24) is 9.55 Å². The summed E-state index contributed by atoms with van der Waals surface area (Å²) in [6, 6.07) is 6.90. The minimum Gasteiger partial charge on any atom is -0.307 e. The van der Waals surface area contributed by atoms with Crippen molar-refractivity contribution in [3.63, 3.8) is 0 Å². The fourth-order valence-electron chi connectivity index (χ4n) is 2.99. The molecule has 4 heteroatoms. The van der Waals surface area contributed by atoms with Gasteiger partial charge in [0.1, 0.15) is 0 Å². The van der Waals surface area contributed by atoms with Crippen LogP contribution in [0.5, 0.6) is 0 Å². The van der Waals surface area contributed by atoms with E-state index in [1.165, 1.54) is 24.8 Å². The largest absolute Gasteiger partial charge is 0.307 e. The Labute approximate surface area is 138 Å². The zero-order valence-electron chi connectivity index (χ0n) is 14.6. The summed E-state index contributed by atoms with van der Waals surface area (Å²) in [5.74, 6) is 1.08. The molecule has 0 bridgehead atoms. The van der Waals surface area contributed by atoms with Crippen LogP contribution in [0.2, 0.25) is 0 Å². The quantitative estimate of drug-likeness (QED) is 0.880. The van der Waals surface area contributed by atoms with Crippen LogP contribution in [0.25, 0.3) is 11.0 Å². The number of nitrogens with zero attached hydrogens (tertiary/aromatic N) is 2. The molecule has 124 valence electrons. The van der Waals surface area contributed by atoms with E-state index in [1.807, 2.05) is 6.92 Å². The van der Waals surface area contributed by atoms with E-state index < -0.39 is 0 Å². The van der Waals surface area contributed by atoms with Gasteiger partial charge in [-0.3, -0.25) is 10.1 Å². The summed E-state index contributed by atoms with van der Waals surface area (Å²) in [5.41, 5.74) is 3.44. The van der Waals surface area contributed by atoms with Crippen LogP contribution in [0.4, 0.5) is 5.95 Å². The van der Waals surface area contributed by atoms with Crippen LogP contribution in [-0.4, -0.2) is 15.5 Å². The molecule has 1 aliphatic carbocycles. The molecule has 0 spiro atoms. The first-order valence-electron chi connectivity index (χ1n) is 8.83. The lowest BCUT2D eigenvalue weighted by Gasteiger charge is -2.29. The molecule has 0 unspecified atom stereocenters. The first-order valence-corrected chi connectivity index (χ1v) is 8.83. The van der Waals surface area contributed by atoms with Crippen molar-refractivity contribution >= 4 is 22.9 Å². The Morgan fingerprint density at radius 1 is 1.35 bits per heavy atom. The molecule has 1 fully saturated rings. The summed E-state index contributed by atoms with van der Waals surface area (Å²) in [6.45, 7) is 8.29. The number of hydrogen-bond donors (Lipinski definition) is 1. The van der Waals surface area contributed by atoms with Crippen LogP contribution in [0.1, 0.15) is 58.6 Å². The lowest BCUT2D eigenvalue weighted by Crippen LogP contribution is -2.27. The molecule has 1 amide bonds. The molecule has 0 aliphatic heterocycles. The fourth-order valence-corrected chi connectivity index (χ4v) is 2.99. The first kappa shape index (κ1) is 16.0. The van der Waals surface area contributed by atoms with Gasteiger partial charge in [-0.2, -0.15) is 0 Å². The molecule has 1 heterocycles. The fraction of sp³-hybridized carbons (Fsp3) is 0.579. The first-order chi connectivity index (χ1) is 11.0. The maximum Gasteiger partial charge on any atom is 0.229 e. The van der Waals surface area contributed by atoms with Gasteiger partial charge in [-0.25, -0.2) is 4.98 Å². The predicted molar refractivity (Wildman–Crippen MR) is 94.6 cm³/mol. The highest BCUT2D eigenvalue weighted by Gasteiger charge is 2.26. The second kappa shape index (κ2) is 6.34. The van der Waals surface area contributed by atoms with Gasteiger partial charge in [0.2, 0.25) is 11.9 Å². The average Bonchev–Trinajstić information content (AvgIpc) is 2.82. The zero-order valence-corrected chi connectivity index (χ0v) is 14.6. The second-order valence-electron chi connectivity index (χ2n) is 7.09. The zero-order chi connectivity index (χ0) is 16.6. The highest BCUT2D eigenvalue weighted by Crippen LogP contribution is 2.37. The number of carbonyl (C=O) groups is 1. The number of fused-ring (bicyclic) bond motifs is 1. The Bertz CT molecular complexity index is 713. The second-order valence-corrected chi connectivity index (χ2v) is 7.09. The van der Waals surface area contributed by atoms with Crippen molar-refractivity contribution in [3.8, 4) is 0 Å². The van der Waals surface area contributed by atoms with Gasteiger partial charge in [0.25, 0.3) is 0 Å². The number of anilines is 1. The third kappa shape index (κ3) is 2.99. The van der Waals surface area contributed by atoms with Crippen LogP contribution in [0.3, 0.4) is 0 Å². The lowest BCUT2D eigenvalue weighted by atomic mass is 9.92. The lowest BCUT2D eigenvalue weighted by molar-refractivity contribution is -0.120. The molecule has 23 heavy (non-hydrogen) atoms. The van der Waals surface area contributed by atoms with Gasteiger partial charge in [-0.05, 0) is 49.3 Å². The van der Waals surface area contributed by atoms with E-state index in [-0.39, 0.29) is 11.8 Å². The summed E-state index contributed by atoms with van der Waals surface area (Å²) in [6.07, 6.45) is 4.61. The van der Waals surface area contributed by atoms with Crippen molar-refractivity contribution in [1.29, 1.82) is 0 Å². The maximum absolute atomic E-state index is 12.5. The van der Waals surface area contributed by atoms with Crippen LogP contribution < -0.4 is 5.32 Å². The molecular formula is C19H27N3O. The van der Waals surface area contributed by atoms with E-state index in [0.29, 0.717) is 12.0 Å². The third-order valence-electron chi connectivity index (χ3n) is 5.25. The molecule has 4 nitrogen and oxygen atoms in total. The number of hydrogen-bond acceptors (Lipinski definition) is 2. The normalized spacial score (nSPS) is 16.6. The van der Waals surface area contributed by atoms with Crippen LogP contribution in [-0.2, 0) is 11.2 Å². The van der Waals surface area contributed by atoms with Gasteiger partial charge < -0.3 is 4.57 Å². The molecule has 2 aromatic rings. The average molecular weight is 313 g/mol. The monoisotopic (exact) mass is 313 g/mol. The predicted octanol–water partition coefficient (Wildman–Crippen LogP) is 4.55. The number of rotatable bonds is 5. The smallest absolute Gasteiger partial charge is 0.229 e. The van der Waals surface area contributed by atoms with E-state index in [0.717, 1.165) is 23.4 Å². The van der Waals surface area contributed by atoms with Crippen molar-refractivity contribution in [3.05, 3.63) is 23.8 Å². The molecular weight excluding hydrogens is 286 g/mol. The molecule has 1 aromatic carbocycles. The molecule has 1 saturated carbocycles. The van der Waals surface area contributed by atoms with Crippen LogP contribution in [0.15, 0.2) is 18.2 Å². The van der Waals surface area contributed by atoms with Crippen molar-refractivity contribution in [2.24, 2.45) is 11.8 Å². The Kier molecular flexibility index (Phi) is 4.42. The van der Waals surface area contributed by atoms with Gasteiger partial charge in [0, 0.05) is 12.0 Å². The molecule has 0 radical (unpaired) electrons. The third-order valence-corrected chi connectivity index (χ3v) is 5.25. The van der Waals surface area contributed by atoms with E-state index in [4.69, 9.17) is 4.98 Å². The standard InChI is InChI=1S/C19H27N3O/c1-5-14-9-10-16-17(11-14)22(15-7-6-8-15)19(20-16)21-18(23)13(4)12(2)3/h9-13,15H,5-8H2,1-4H3,(H,20,21,23)/t13-/m0/s1. The summed E-state index contributed by atoms with van der Waals surface area (Å²) in [4.78, 5) is 17.2. The Morgan fingerprint density at radius 2 is 2.09 bits per heavy atom. The molecule has 0 saturated heterocycles. The van der Waals surface area contributed by atoms with Gasteiger partial charge in [-0.15, -0.1) is 0 Å². The van der Waals surface area contributed by atoms with E-state index in [2.05, 4.69) is 48.9 Å². The number of benzene rings is 1. The SMILES string of the molecule is CCc1ccc2nc(NC(=O)[C@@H](C)C(C)C)n(C3CCC3)c2c1. The summed E-state index contributed by atoms with van der Waals surface area (Å²) < 4.78 is 2.25. The molecule has 1 atom stereocenters. The number of nitrogens with one attached hydrogen (secondary N) is 1. The number of carbonyl (C=O) groups excluding carboxylic acids is 1. The Morgan fingerprint density at radius 3 is 2.65 bits per heavy atom. The molecule has 1 N–H and O–H groups in total. The number of aryl methyl sites for hydroxylation is 1. The Hall–Kier alpha value is -1.84. The highest BCUT2D eigenvalue weighted by molar-refractivity contribution is 5.93. The summed E-state index contributed by atoms with van der Waals surface area (Å²) in [7, 11) is 0. The highest BCUT2D eigenvalue weighted by atomic mass is 16.2. The molecule has 3 rings (SSSR count). The summed E-state index contributed by atoms with van der Waals surface area (Å²) >= 11 is 0. The van der Waals surface area contributed by atoms with Crippen molar-refractivity contribution in [2.45, 2.75) is 59.4 Å². The minimum atomic E-state index is -0.0177. The number of aromatic nitrogens is 2. The maximum atomic E-state index is 12.5. The number of amides is 1. The van der Waals surface area contributed by atoms with Crippen molar-refractivity contribution < 1.29 is 4.79 Å². The minimum absolute atomic E-state index is 0.0177. The van der Waals surface area contributed by atoms with Gasteiger partial charge in [0.05, 0.1) is 11.0 Å². The summed E-state index contributed by atoms with van der Waals surface area (Å²) in [5, 5.41) is 3.08.